The molecule has 0 spiro atoms. The number of rotatable bonds is 2. The molecule has 24 heavy (non-hydrogen) atoms. The van der Waals surface area contributed by atoms with Crippen LogP contribution in [-0.2, 0) is 11.3 Å². The zero-order valence-corrected chi connectivity index (χ0v) is 14.8. The van der Waals surface area contributed by atoms with Gasteiger partial charge in [0.05, 0.1) is 22.3 Å². The lowest BCUT2D eigenvalue weighted by Crippen LogP contribution is -2.38. The Labute approximate surface area is 150 Å². The first-order valence-corrected chi connectivity index (χ1v) is 8.94. The minimum atomic E-state index is -0.301. The molecule has 128 valence electrons. The van der Waals surface area contributed by atoms with E-state index in [-0.39, 0.29) is 18.0 Å². The van der Waals surface area contributed by atoms with Crippen LogP contribution in [0.15, 0.2) is 23.3 Å². The van der Waals surface area contributed by atoms with Crippen LogP contribution in [0.4, 0.5) is 0 Å². The molecule has 7 heteroatoms. The van der Waals surface area contributed by atoms with Gasteiger partial charge in [-0.05, 0) is 25.0 Å². The molecular formula is C17H19Cl2N3O2. The molecule has 1 fully saturated rings. The van der Waals surface area contributed by atoms with E-state index in [4.69, 9.17) is 23.2 Å². The van der Waals surface area contributed by atoms with Gasteiger partial charge < -0.3 is 4.90 Å². The van der Waals surface area contributed by atoms with E-state index in [9.17, 15) is 9.59 Å². The number of benzene rings is 1. The van der Waals surface area contributed by atoms with Gasteiger partial charge in [0.25, 0.3) is 5.56 Å². The van der Waals surface area contributed by atoms with E-state index in [1.165, 1.54) is 23.4 Å². The van der Waals surface area contributed by atoms with Crippen molar-refractivity contribution in [3.05, 3.63) is 38.9 Å². The van der Waals surface area contributed by atoms with E-state index in [1.807, 2.05) is 4.90 Å². The molecule has 1 aromatic heterocycles. The standard InChI is InChI=1S/C17H19Cl2N3O2/c18-12-8-13-16(14(19)9-12)20-11-22(17(13)24)10-15(23)21-6-4-2-1-3-5-7-21/h8-9,11H,1-7,10H2. The van der Waals surface area contributed by atoms with Gasteiger partial charge in [0.15, 0.2) is 0 Å². The Balaban J connectivity index is 1.85. The average Bonchev–Trinajstić information content (AvgIpc) is 2.50. The van der Waals surface area contributed by atoms with Crippen LogP contribution in [0.5, 0.6) is 0 Å². The fourth-order valence-electron chi connectivity index (χ4n) is 3.05. The molecule has 0 bridgehead atoms. The molecule has 1 aliphatic heterocycles. The first kappa shape index (κ1) is 17.2. The number of hydrogen-bond acceptors (Lipinski definition) is 3. The number of halogens is 2. The summed E-state index contributed by atoms with van der Waals surface area (Å²) in [6, 6.07) is 3.09. The monoisotopic (exact) mass is 367 g/mol. The van der Waals surface area contributed by atoms with Gasteiger partial charge in [-0.15, -0.1) is 0 Å². The molecule has 0 unspecified atom stereocenters. The van der Waals surface area contributed by atoms with Gasteiger partial charge in [0.2, 0.25) is 5.91 Å². The number of fused-ring (bicyclic) bond motifs is 1. The molecule has 5 nitrogen and oxygen atoms in total. The Kier molecular flexibility index (Phi) is 5.41. The second-order valence-corrected chi connectivity index (χ2v) is 6.95. The largest absolute Gasteiger partial charge is 0.341 e. The van der Waals surface area contributed by atoms with E-state index in [1.54, 1.807) is 6.07 Å². The van der Waals surface area contributed by atoms with Crippen molar-refractivity contribution in [1.82, 2.24) is 14.5 Å². The third-order valence-electron chi connectivity index (χ3n) is 4.36. The summed E-state index contributed by atoms with van der Waals surface area (Å²) < 4.78 is 1.33. The number of hydrogen-bond donors (Lipinski definition) is 0. The molecule has 3 rings (SSSR count). The van der Waals surface area contributed by atoms with Gasteiger partial charge in [0.1, 0.15) is 6.54 Å². The van der Waals surface area contributed by atoms with Crippen LogP contribution in [0, 0.1) is 0 Å². The van der Waals surface area contributed by atoms with Crippen molar-refractivity contribution < 1.29 is 4.79 Å². The van der Waals surface area contributed by atoms with Crippen molar-refractivity contribution >= 4 is 40.0 Å². The third-order valence-corrected chi connectivity index (χ3v) is 4.87. The van der Waals surface area contributed by atoms with E-state index < -0.39 is 0 Å². The van der Waals surface area contributed by atoms with E-state index in [0.717, 1.165) is 38.8 Å². The normalized spacial score (nSPS) is 16.0. The molecule has 1 amide bonds. The van der Waals surface area contributed by atoms with Gasteiger partial charge in [-0.1, -0.05) is 42.5 Å². The van der Waals surface area contributed by atoms with Gasteiger partial charge >= 0.3 is 0 Å². The Morgan fingerprint density at radius 3 is 2.46 bits per heavy atom. The van der Waals surface area contributed by atoms with Gasteiger partial charge in [0, 0.05) is 18.1 Å². The van der Waals surface area contributed by atoms with E-state index in [0.29, 0.717) is 20.9 Å². The minimum Gasteiger partial charge on any atom is -0.341 e. The third kappa shape index (κ3) is 3.73. The first-order valence-electron chi connectivity index (χ1n) is 8.18. The van der Waals surface area contributed by atoms with Crippen molar-refractivity contribution in [2.45, 2.75) is 38.6 Å². The molecule has 1 aliphatic rings. The highest BCUT2D eigenvalue weighted by Gasteiger charge is 2.17. The van der Waals surface area contributed by atoms with E-state index in [2.05, 4.69) is 4.98 Å². The Bertz CT molecular complexity index is 811. The molecule has 0 saturated carbocycles. The van der Waals surface area contributed by atoms with Crippen molar-refractivity contribution in [3.8, 4) is 0 Å². The van der Waals surface area contributed by atoms with Gasteiger partial charge in [-0.2, -0.15) is 0 Å². The zero-order chi connectivity index (χ0) is 17.1. The molecule has 1 aromatic carbocycles. The van der Waals surface area contributed by atoms with Crippen molar-refractivity contribution in [2.75, 3.05) is 13.1 Å². The summed E-state index contributed by atoms with van der Waals surface area (Å²) in [7, 11) is 0. The van der Waals surface area contributed by atoms with Crippen molar-refractivity contribution in [1.29, 1.82) is 0 Å². The molecule has 0 atom stereocenters. The molecular weight excluding hydrogens is 349 g/mol. The van der Waals surface area contributed by atoms with Crippen LogP contribution in [0.25, 0.3) is 10.9 Å². The SMILES string of the molecule is O=C(Cn1cnc2c(Cl)cc(Cl)cc2c1=O)N1CCCCCCC1. The highest BCUT2D eigenvalue weighted by molar-refractivity contribution is 6.38. The smallest absolute Gasteiger partial charge is 0.261 e. The average molecular weight is 368 g/mol. The van der Waals surface area contributed by atoms with Crippen molar-refractivity contribution in [2.24, 2.45) is 0 Å². The molecule has 0 radical (unpaired) electrons. The summed E-state index contributed by atoms with van der Waals surface area (Å²) in [5.74, 6) is -0.0479. The van der Waals surface area contributed by atoms with Crippen LogP contribution in [0.3, 0.4) is 0 Å². The van der Waals surface area contributed by atoms with E-state index >= 15 is 0 Å². The molecule has 0 aliphatic carbocycles. The number of aromatic nitrogens is 2. The Morgan fingerprint density at radius 2 is 1.75 bits per heavy atom. The Hall–Kier alpha value is -1.59. The summed E-state index contributed by atoms with van der Waals surface area (Å²) in [6.07, 6.45) is 6.95. The number of carbonyl (C=O) groups excluding carboxylic acids is 1. The summed E-state index contributed by atoms with van der Waals surface area (Å²) in [5, 5.41) is 1.03. The minimum absolute atomic E-state index is 0.00803. The topological polar surface area (TPSA) is 55.2 Å². The van der Waals surface area contributed by atoms with Gasteiger partial charge in [-0.25, -0.2) is 4.98 Å². The summed E-state index contributed by atoms with van der Waals surface area (Å²) in [6.45, 7) is 1.50. The maximum atomic E-state index is 12.6. The highest BCUT2D eigenvalue weighted by atomic mass is 35.5. The summed E-state index contributed by atoms with van der Waals surface area (Å²) in [4.78, 5) is 31.2. The number of nitrogens with zero attached hydrogens (tertiary/aromatic N) is 3. The maximum Gasteiger partial charge on any atom is 0.261 e. The van der Waals surface area contributed by atoms with Crippen LogP contribution >= 0.6 is 23.2 Å². The molecule has 1 saturated heterocycles. The highest BCUT2D eigenvalue weighted by Crippen LogP contribution is 2.24. The lowest BCUT2D eigenvalue weighted by atomic mass is 10.1. The predicted molar refractivity (Wildman–Crippen MR) is 95.7 cm³/mol. The first-order chi connectivity index (χ1) is 11.6. The van der Waals surface area contributed by atoms with Crippen molar-refractivity contribution in [3.63, 3.8) is 0 Å². The Morgan fingerprint density at radius 1 is 1.08 bits per heavy atom. The summed E-state index contributed by atoms with van der Waals surface area (Å²) >= 11 is 12.1. The molecule has 0 N–H and O–H groups in total. The zero-order valence-electron chi connectivity index (χ0n) is 13.3. The second kappa shape index (κ2) is 7.53. The number of amides is 1. The fourth-order valence-corrected chi connectivity index (χ4v) is 3.59. The molecule has 2 heterocycles. The number of likely N-dealkylation sites (tertiary alicyclic amines) is 1. The van der Waals surface area contributed by atoms with Crippen LogP contribution in [-0.4, -0.2) is 33.4 Å². The van der Waals surface area contributed by atoms with Crippen LogP contribution in [0.1, 0.15) is 32.1 Å². The quantitative estimate of drug-likeness (QED) is 0.815. The number of carbonyl (C=O) groups is 1. The lowest BCUT2D eigenvalue weighted by Gasteiger charge is -2.25. The fraction of sp³-hybridized carbons (Fsp3) is 0.471. The molecule has 2 aromatic rings. The second-order valence-electron chi connectivity index (χ2n) is 6.11. The maximum absolute atomic E-state index is 12.6. The van der Waals surface area contributed by atoms with Gasteiger partial charge in [-0.3, -0.25) is 14.2 Å². The predicted octanol–water partition coefficient (Wildman–Crippen LogP) is 3.50. The lowest BCUT2D eigenvalue weighted by molar-refractivity contribution is -0.132. The van der Waals surface area contributed by atoms with Crippen LogP contribution in [0.2, 0.25) is 10.0 Å². The van der Waals surface area contributed by atoms with Crippen LogP contribution < -0.4 is 5.56 Å². The summed E-state index contributed by atoms with van der Waals surface area (Å²) in [5.41, 5.74) is 0.103.